The molecule has 1 aliphatic heterocycles. The zero-order valence-corrected chi connectivity index (χ0v) is 11.8. The number of carbonyl (C=O) groups excluding carboxylic acids is 1. The number of amides is 1. The molecule has 1 amide bonds. The van der Waals surface area contributed by atoms with Crippen LogP contribution in [0.5, 0.6) is 0 Å². The van der Waals surface area contributed by atoms with Crippen LogP contribution in [0.2, 0.25) is 0 Å². The van der Waals surface area contributed by atoms with Crippen LogP contribution in [0, 0.1) is 13.8 Å². The molecule has 0 aromatic carbocycles. The van der Waals surface area contributed by atoms with E-state index in [1.807, 2.05) is 20.8 Å². The largest absolute Gasteiger partial charge is 0.370 e. The van der Waals surface area contributed by atoms with E-state index in [1.165, 1.54) is 0 Å². The Hall–Kier alpha value is -1.85. The minimum Gasteiger partial charge on any atom is -0.370 e. The minimum atomic E-state index is 0.109. The topological polar surface area (TPSA) is 70.2 Å². The average Bonchev–Trinajstić information content (AvgIpc) is 2.58. The highest BCUT2D eigenvalue weighted by molar-refractivity contribution is 5.77. The second kappa shape index (κ2) is 5.86. The number of carbonyl (C=O) groups is 1. The fraction of sp³-hybridized carbons (Fsp3) is 0.615. The van der Waals surface area contributed by atoms with E-state index < -0.39 is 0 Å². The van der Waals surface area contributed by atoms with Crippen molar-refractivity contribution in [2.45, 2.75) is 27.2 Å². The summed E-state index contributed by atoms with van der Waals surface area (Å²) >= 11 is 0. The van der Waals surface area contributed by atoms with Crippen LogP contribution in [0.4, 0.5) is 11.6 Å². The molecule has 6 nitrogen and oxygen atoms in total. The Labute approximate surface area is 113 Å². The summed E-state index contributed by atoms with van der Waals surface area (Å²) in [6, 6.07) is 0. The Morgan fingerprint density at radius 3 is 2.84 bits per heavy atom. The molecule has 2 heterocycles. The Balaban J connectivity index is 2.30. The molecule has 0 radical (unpaired) electrons. The van der Waals surface area contributed by atoms with Gasteiger partial charge in [0.2, 0.25) is 5.91 Å². The zero-order chi connectivity index (χ0) is 13.8. The maximum Gasteiger partial charge on any atom is 0.221 e. The van der Waals surface area contributed by atoms with Crippen LogP contribution in [-0.4, -0.2) is 42.1 Å². The third-order valence-electron chi connectivity index (χ3n) is 3.19. The summed E-state index contributed by atoms with van der Waals surface area (Å²) in [4.78, 5) is 22.5. The summed E-state index contributed by atoms with van der Waals surface area (Å²) in [7, 11) is 0. The first-order chi connectivity index (χ1) is 9.11. The summed E-state index contributed by atoms with van der Waals surface area (Å²) in [6.07, 6.45) is 0.513. The van der Waals surface area contributed by atoms with Crippen LogP contribution in [-0.2, 0) is 4.79 Å². The van der Waals surface area contributed by atoms with Gasteiger partial charge >= 0.3 is 0 Å². The molecule has 0 saturated carbocycles. The van der Waals surface area contributed by atoms with Crippen molar-refractivity contribution in [2.75, 3.05) is 36.4 Å². The maximum atomic E-state index is 11.4. The third-order valence-corrected chi connectivity index (χ3v) is 3.19. The van der Waals surface area contributed by atoms with Crippen LogP contribution >= 0.6 is 0 Å². The molecule has 0 atom stereocenters. The minimum absolute atomic E-state index is 0.109. The van der Waals surface area contributed by atoms with Crippen LogP contribution in [0.15, 0.2) is 0 Å². The standard InChI is InChI=1S/C13H21N5O/c1-4-14-12-9(2)13(17-10(3)16-12)18-7-5-11(19)15-6-8-18/h4-8H2,1-3H3,(H,15,19)(H,14,16,17). The predicted octanol–water partition coefficient (Wildman–Crippen LogP) is 0.852. The maximum absolute atomic E-state index is 11.4. The van der Waals surface area contributed by atoms with Gasteiger partial charge in [0, 0.05) is 38.2 Å². The molecule has 1 saturated heterocycles. The van der Waals surface area contributed by atoms with E-state index in [2.05, 4.69) is 25.5 Å². The van der Waals surface area contributed by atoms with Gasteiger partial charge in [-0.15, -0.1) is 0 Å². The van der Waals surface area contributed by atoms with Gasteiger partial charge in [0.15, 0.2) is 0 Å². The van der Waals surface area contributed by atoms with E-state index in [9.17, 15) is 4.79 Å². The first-order valence-electron chi connectivity index (χ1n) is 6.72. The number of aryl methyl sites for hydroxylation is 1. The van der Waals surface area contributed by atoms with E-state index in [0.29, 0.717) is 19.5 Å². The lowest BCUT2D eigenvalue weighted by molar-refractivity contribution is -0.120. The van der Waals surface area contributed by atoms with Gasteiger partial charge in [-0.05, 0) is 20.8 Å². The Kier molecular flexibility index (Phi) is 4.19. The van der Waals surface area contributed by atoms with Gasteiger partial charge in [-0.1, -0.05) is 0 Å². The SMILES string of the molecule is CCNc1nc(C)nc(N2CCNC(=O)CC2)c1C. The van der Waals surface area contributed by atoms with E-state index in [0.717, 1.165) is 36.1 Å². The average molecular weight is 263 g/mol. The van der Waals surface area contributed by atoms with Gasteiger partial charge in [0.05, 0.1) is 0 Å². The van der Waals surface area contributed by atoms with Crippen LogP contribution in [0.3, 0.4) is 0 Å². The van der Waals surface area contributed by atoms with E-state index in [-0.39, 0.29) is 5.91 Å². The molecular weight excluding hydrogens is 242 g/mol. The Morgan fingerprint density at radius 1 is 1.32 bits per heavy atom. The van der Waals surface area contributed by atoms with Gasteiger partial charge in [-0.3, -0.25) is 4.79 Å². The number of rotatable bonds is 3. The van der Waals surface area contributed by atoms with Crippen molar-refractivity contribution >= 4 is 17.5 Å². The lowest BCUT2D eigenvalue weighted by atomic mass is 10.2. The summed E-state index contributed by atoms with van der Waals surface area (Å²) in [6.45, 7) is 8.95. The normalized spacial score (nSPS) is 15.9. The highest BCUT2D eigenvalue weighted by atomic mass is 16.1. The third kappa shape index (κ3) is 3.13. The van der Waals surface area contributed by atoms with Crippen LogP contribution in [0.1, 0.15) is 24.7 Å². The van der Waals surface area contributed by atoms with Gasteiger partial charge < -0.3 is 15.5 Å². The molecule has 1 aromatic rings. The van der Waals surface area contributed by atoms with Gasteiger partial charge in [-0.25, -0.2) is 9.97 Å². The molecular formula is C13H21N5O. The Bertz CT molecular complexity index is 474. The number of nitrogens with zero attached hydrogens (tertiary/aromatic N) is 3. The number of nitrogens with one attached hydrogen (secondary N) is 2. The highest BCUT2D eigenvalue weighted by Gasteiger charge is 2.18. The second-order valence-corrected chi connectivity index (χ2v) is 4.69. The van der Waals surface area contributed by atoms with Gasteiger partial charge in [0.25, 0.3) is 0 Å². The quantitative estimate of drug-likeness (QED) is 0.846. The molecule has 2 rings (SSSR count). The molecule has 104 valence electrons. The molecule has 0 aliphatic carbocycles. The van der Waals surface area contributed by atoms with Crippen molar-refractivity contribution in [1.82, 2.24) is 15.3 Å². The summed E-state index contributed by atoms with van der Waals surface area (Å²) in [5.74, 6) is 2.67. The number of aromatic nitrogens is 2. The number of anilines is 2. The molecule has 0 bridgehead atoms. The van der Waals surface area contributed by atoms with E-state index >= 15 is 0 Å². The van der Waals surface area contributed by atoms with Crippen molar-refractivity contribution in [2.24, 2.45) is 0 Å². The molecule has 6 heteroatoms. The van der Waals surface area contributed by atoms with Crippen LogP contribution < -0.4 is 15.5 Å². The fourth-order valence-electron chi connectivity index (χ4n) is 2.24. The molecule has 0 spiro atoms. The van der Waals surface area contributed by atoms with Crippen molar-refractivity contribution in [3.05, 3.63) is 11.4 Å². The highest BCUT2D eigenvalue weighted by Crippen LogP contribution is 2.23. The summed E-state index contributed by atoms with van der Waals surface area (Å²) < 4.78 is 0. The molecule has 1 aliphatic rings. The second-order valence-electron chi connectivity index (χ2n) is 4.69. The van der Waals surface area contributed by atoms with Crippen LogP contribution in [0.25, 0.3) is 0 Å². The van der Waals surface area contributed by atoms with Gasteiger partial charge in [-0.2, -0.15) is 0 Å². The summed E-state index contributed by atoms with van der Waals surface area (Å²) in [5, 5.41) is 6.14. The molecule has 0 unspecified atom stereocenters. The van der Waals surface area contributed by atoms with Crippen molar-refractivity contribution in [3.8, 4) is 0 Å². The lowest BCUT2D eigenvalue weighted by Gasteiger charge is -2.24. The predicted molar refractivity (Wildman–Crippen MR) is 75.5 cm³/mol. The summed E-state index contributed by atoms with van der Waals surface area (Å²) in [5.41, 5.74) is 1.04. The molecule has 19 heavy (non-hydrogen) atoms. The van der Waals surface area contributed by atoms with E-state index in [4.69, 9.17) is 0 Å². The first-order valence-corrected chi connectivity index (χ1v) is 6.72. The molecule has 2 N–H and O–H groups in total. The number of hydrogen-bond acceptors (Lipinski definition) is 5. The Morgan fingerprint density at radius 2 is 2.11 bits per heavy atom. The molecule has 1 aromatic heterocycles. The van der Waals surface area contributed by atoms with Crippen molar-refractivity contribution in [1.29, 1.82) is 0 Å². The first kappa shape index (κ1) is 13.6. The lowest BCUT2D eigenvalue weighted by Crippen LogP contribution is -2.30. The smallest absolute Gasteiger partial charge is 0.221 e. The van der Waals surface area contributed by atoms with E-state index in [1.54, 1.807) is 0 Å². The fourth-order valence-corrected chi connectivity index (χ4v) is 2.24. The monoisotopic (exact) mass is 263 g/mol. The van der Waals surface area contributed by atoms with Gasteiger partial charge in [0.1, 0.15) is 17.5 Å². The zero-order valence-electron chi connectivity index (χ0n) is 11.8. The van der Waals surface area contributed by atoms with Crippen molar-refractivity contribution < 1.29 is 4.79 Å². The molecule has 1 fully saturated rings. The van der Waals surface area contributed by atoms with Crippen molar-refractivity contribution in [3.63, 3.8) is 0 Å². The number of hydrogen-bond donors (Lipinski definition) is 2.